The number of carbonyl (C=O) groups is 1. The fourth-order valence-electron chi connectivity index (χ4n) is 2.13. The summed E-state index contributed by atoms with van der Waals surface area (Å²) >= 11 is 0. The maximum absolute atomic E-state index is 12.4. The lowest BCUT2D eigenvalue weighted by Gasteiger charge is -2.07. The standard InChI is InChI=1S/C15H17N3O4/c1-8(2)14-13(10(4)17-22-14)15(19)16-11-6-5-9(3)12(7-11)18(20)21/h5-8H,1-4H3,(H,16,19). The maximum Gasteiger partial charge on any atom is 0.274 e. The van der Waals surface area contributed by atoms with Crippen LogP contribution in [0.3, 0.4) is 0 Å². The number of rotatable bonds is 4. The van der Waals surface area contributed by atoms with Crippen LogP contribution >= 0.6 is 0 Å². The van der Waals surface area contributed by atoms with Gasteiger partial charge in [-0.25, -0.2) is 0 Å². The zero-order chi connectivity index (χ0) is 16.4. The number of hydrogen-bond acceptors (Lipinski definition) is 5. The van der Waals surface area contributed by atoms with Crippen LogP contribution in [0.4, 0.5) is 11.4 Å². The molecule has 22 heavy (non-hydrogen) atoms. The summed E-state index contributed by atoms with van der Waals surface area (Å²) in [5.74, 6) is 0.117. The van der Waals surface area contributed by atoms with Crippen molar-refractivity contribution in [2.45, 2.75) is 33.6 Å². The summed E-state index contributed by atoms with van der Waals surface area (Å²) in [6.07, 6.45) is 0. The number of anilines is 1. The highest BCUT2D eigenvalue weighted by Gasteiger charge is 2.23. The van der Waals surface area contributed by atoms with Crippen LogP contribution in [0.5, 0.6) is 0 Å². The predicted octanol–water partition coefficient (Wildman–Crippen LogP) is 3.58. The van der Waals surface area contributed by atoms with E-state index in [1.54, 1.807) is 26.0 Å². The van der Waals surface area contributed by atoms with E-state index in [1.807, 2.05) is 13.8 Å². The molecule has 0 aliphatic rings. The Bertz CT molecular complexity index is 734. The molecule has 7 heteroatoms. The molecule has 0 radical (unpaired) electrons. The van der Waals surface area contributed by atoms with E-state index in [0.29, 0.717) is 28.3 Å². The topological polar surface area (TPSA) is 98.3 Å². The fourth-order valence-corrected chi connectivity index (χ4v) is 2.13. The van der Waals surface area contributed by atoms with Gasteiger partial charge in [-0.05, 0) is 19.9 Å². The molecule has 0 spiro atoms. The van der Waals surface area contributed by atoms with Crippen molar-refractivity contribution in [2.75, 3.05) is 5.32 Å². The fraction of sp³-hybridized carbons (Fsp3) is 0.333. The van der Waals surface area contributed by atoms with Crippen LogP contribution in [-0.2, 0) is 0 Å². The smallest absolute Gasteiger partial charge is 0.274 e. The lowest BCUT2D eigenvalue weighted by atomic mass is 10.0. The van der Waals surface area contributed by atoms with Crippen LogP contribution < -0.4 is 5.32 Å². The summed E-state index contributed by atoms with van der Waals surface area (Å²) in [6, 6.07) is 4.56. The van der Waals surface area contributed by atoms with Gasteiger partial charge in [0.1, 0.15) is 5.56 Å². The molecule has 0 saturated carbocycles. The van der Waals surface area contributed by atoms with Crippen molar-refractivity contribution in [1.29, 1.82) is 0 Å². The first-order chi connectivity index (χ1) is 10.3. The quantitative estimate of drug-likeness (QED) is 0.687. The molecule has 1 aromatic carbocycles. The van der Waals surface area contributed by atoms with Gasteiger partial charge in [-0.2, -0.15) is 0 Å². The first-order valence-corrected chi connectivity index (χ1v) is 6.83. The predicted molar refractivity (Wildman–Crippen MR) is 81.1 cm³/mol. The molecule has 7 nitrogen and oxygen atoms in total. The normalized spacial score (nSPS) is 10.8. The van der Waals surface area contributed by atoms with Crippen LogP contribution in [0.1, 0.15) is 47.1 Å². The lowest BCUT2D eigenvalue weighted by Crippen LogP contribution is -2.15. The van der Waals surface area contributed by atoms with Gasteiger partial charge in [-0.1, -0.05) is 25.1 Å². The van der Waals surface area contributed by atoms with E-state index in [4.69, 9.17) is 4.52 Å². The van der Waals surface area contributed by atoms with Crippen LogP contribution in [0.15, 0.2) is 22.7 Å². The van der Waals surface area contributed by atoms with Crippen molar-refractivity contribution >= 4 is 17.3 Å². The Labute approximate surface area is 127 Å². The van der Waals surface area contributed by atoms with Gasteiger partial charge < -0.3 is 9.84 Å². The van der Waals surface area contributed by atoms with Gasteiger partial charge in [0.25, 0.3) is 11.6 Å². The van der Waals surface area contributed by atoms with Crippen LogP contribution in [0.2, 0.25) is 0 Å². The van der Waals surface area contributed by atoms with Crippen molar-refractivity contribution in [3.8, 4) is 0 Å². The molecular formula is C15H17N3O4. The van der Waals surface area contributed by atoms with Gasteiger partial charge in [0, 0.05) is 23.2 Å². The van der Waals surface area contributed by atoms with Gasteiger partial charge in [-0.3, -0.25) is 14.9 Å². The summed E-state index contributed by atoms with van der Waals surface area (Å²) < 4.78 is 5.18. The van der Waals surface area contributed by atoms with Gasteiger partial charge in [-0.15, -0.1) is 0 Å². The molecular weight excluding hydrogens is 286 g/mol. The molecule has 1 N–H and O–H groups in total. The zero-order valence-electron chi connectivity index (χ0n) is 12.8. The number of aryl methyl sites for hydroxylation is 2. The van der Waals surface area contributed by atoms with E-state index in [2.05, 4.69) is 10.5 Å². The van der Waals surface area contributed by atoms with Crippen LogP contribution in [-0.4, -0.2) is 16.0 Å². The molecule has 0 atom stereocenters. The minimum Gasteiger partial charge on any atom is -0.360 e. The first kappa shape index (κ1) is 15.7. The highest BCUT2D eigenvalue weighted by molar-refractivity contribution is 6.06. The summed E-state index contributed by atoms with van der Waals surface area (Å²) in [4.78, 5) is 22.9. The second-order valence-electron chi connectivity index (χ2n) is 5.37. The zero-order valence-corrected chi connectivity index (χ0v) is 12.8. The van der Waals surface area contributed by atoms with Crippen LogP contribution in [0, 0.1) is 24.0 Å². The maximum atomic E-state index is 12.4. The highest BCUT2D eigenvalue weighted by Crippen LogP contribution is 2.25. The van der Waals surface area contributed by atoms with Gasteiger partial charge in [0.15, 0.2) is 5.76 Å². The number of amides is 1. The summed E-state index contributed by atoms with van der Waals surface area (Å²) in [6.45, 7) is 7.12. The summed E-state index contributed by atoms with van der Waals surface area (Å²) in [5.41, 5.74) is 1.72. The second-order valence-corrected chi connectivity index (χ2v) is 5.37. The number of nitrogens with zero attached hydrogens (tertiary/aromatic N) is 2. The van der Waals surface area contributed by atoms with Gasteiger partial charge >= 0.3 is 0 Å². The Morgan fingerprint density at radius 3 is 2.64 bits per heavy atom. The molecule has 2 rings (SSSR count). The number of carbonyl (C=O) groups excluding carboxylic acids is 1. The third kappa shape index (κ3) is 2.98. The van der Waals surface area contributed by atoms with Gasteiger partial charge in [0.05, 0.1) is 10.6 Å². The van der Waals surface area contributed by atoms with Gasteiger partial charge in [0.2, 0.25) is 0 Å². The van der Waals surface area contributed by atoms with Crippen molar-refractivity contribution in [3.05, 3.63) is 50.9 Å². The lowest BCUT2D eigenvalue weighted by molar-refractivity contribution is -0.385. The Balaban J connectivity index is 2.32. The Hall–Kier alpha value is -2.70. The Morgan fingerprint density at radius 2 is 2.05 bits per heavy atom. The second kappa shape index (κ2) is 5.97. The van der Waals surface area contributed by atoms with Crippen LogP contribution in [0.25, 0.3) is 0 Å². The third-order valence-corrected chi connectivity index (χ3v) is 3.30. The molecule has 2 aromatic rings. The van der Waals surface area contributed by atoms with E-state index in [0.717, 1.165) is 0 Å². The number of benzene rings is 1. The van der Waals surface area contributed by atoms with Crippen molar-refractivity contribution in [3.63, 3.8) is 0 Å². The number of nitro groups is 1. The molecule has 0 unspecified atom stereocenters. The number of hydrogen-bond donors (Lipinski definition) is 1. The Kier molecular flexibility index (Phi) is 4.25. The minimum absolute atomic E-state index is 0.00861. The monoisotopic (exact) mass is 303 g/mol. The molecule has 0 aliphatic heterocycles. The van der Waals surface area contributed by atoms with Crippen molar-refractivity contribution in [1.82, 2.24) is 5.16 Å². The van der Waals surface area contributed by atoms with E-state index >= 15 is 0 Å². The van der Waals surface area contributed by atoms with E-state index < -0.39 is 4.92 Å². The first-order valence-electron chi connectivity index (χ1n) is 6.83. The van der Waals surface area contributed by atoms with E-state index in [-0.39, 0.29) is 17.5 Å². The van der Waals surface area contributed by atoms with E-state index in [1.165, 1.54) is 6.07 Å². The number of aromatic nitrogens is 1. The summed E-state index contributed by atoms with van der Waals surface area (Å²) in [7, 11) is 0. The molecule has 0 saturated heterocycles. The minimum atomic E-state index is -0.477. The molecule has 116 valence electrons. The SMILES string of the molecule is Cc1ccc(NC(=O)c2c(C)noc2C(C)C)cc1[N+](=O)[O-]. The third-order valence-electron chi connectivity index (χ3n) is 3.30. The average molecular weight is 303 g/mol. The van der Waals surface area contributed by atoms with Crippen molar-refractivity contribution < 1.29 is 14.2 Å². The van der Waals surface area contributed by atoms with Crippen molar-refractivity contribution in [2.24, 2.45) is 0 Å². The summed E-state index contributed by atoms with van der Waals surface area (Å²) in [5, 5.41) is 17.4. The Morgan fingerprint density at radius 1 is 1.36 bits per heavy atom. The largest absolute Gasteiger partial charge is 0.360 e. The number of nitrogens with one attached hydrogen (secondary N) is 1. The molecule has 1 aromatic heterocycles. The molecule has 0 fully saturated rings. The number of nitro benzene ring substituents is 1. The average Bonchev–Trinajstić information content (AvgIpc) is 2.82. The van der Waals surface area contributed by atoms with E-state index in [9.17, 15) is 14.9 Å². The highest BCUT2D eigenvalue weighted by atomic mass is 16.6. The molecule has 0 bridgehead atoms. The molecule has 1 heterocycles. The molecule has 1 amide bonds. The molecule has 0 aliphatic carbocycles.